The van der Waals surface area contributed by atoms with Crippen LogP contribution in [0.5, 0.6) is 5.75 Å². The van der Waals surface area contributed by atoms with Crippen LogP contribution in [-0.2, 0) is 13.1 Å². The summed E-state index contributed by atoms with van der Waals surface area (Å²) in [6, 6.07) is 10.3. The highest BCUT2D eigenvalue weighted by Gasteiger charge is 2.06. The van der Waals surface area contributed by atoms with E-state index in [1.54, 1.807) is 25.8 Å². The average molecular weight is 393 g/mol. The van der Waals surface area contributed by atoms with Crippen LogP contribution in [0.25, 0.3) is 5.82 Å². The van der Waals surface area contributed by atoms with Crippen LogP contribution in [0.3, 0.4) is 0 Å². The van der Waals surface area contributed by atoms with Crippen LogP contribution in [0.15, 0.2) is 60.2 Å². The van der Waals surface area contributed by atoms with Gasteiger partial charge in [-0.3, -0.25) is 9.56 Å². The van der Waals surface area contributed by atoms with Crippen molar-refractivity contribution < 1.29 is 4.74 Å². The number of benzene rings is 1. The molecule has 7 nitrogen and oxygen atoms in total. The summed E-state index contributed by atoms with van der Waals surface area (Å²) in [5, 5.41) is 6.71. The number of aliphatic imine (C=N–C) groups is 1. The first-order valence-electron chi connectivity index (χ1n) is 9.79. The smallest absolute Gasteiger partial charge is 0.191 e. The minimum absolute atomic E-state index is 0.635. The van der Waals surface area contributed by atoms with E-state index in [0.717, 1.165) is 35.1 Å². The molecule has 0 saturated carbocycles. The van der Waals surface area contributed by atoms with Crippen molar-refractivity contribution in [3.05, 3.63) is 71.9 Å². The van der Waals surface area contributed by atoms with Crippen molar-refractivity contribution in [2.45, 2.75) is 33.4 Å². The number of nitrogens with one attached hydrogen (secondary N) is 2. The van der Waals surface area contributed by atoms with Crippen LogP contribution in [0, 0.1) is 6.92 Å². The van der Waals surface area contributed by atoms with Gasteiger partial charge in [0.2, 0.25) is 0 Å². The highest BCUT2D eigenvalue weighted by molar-refractivity contribution is 5.79. The van der Waals surface area contributed by atoms with E-state index in [9.17, 15) is 0 Å². The standard InChI is InChI=1S/C22H28N6O/c1-4-11-29-20-12-17(2)5-6-19(20)15-27-22(23-3)26-14-18-7-8-25-21(13-18)28-10-9-24-16-28/h5-10,12-13,16H,4,11,14-15H2,1-3H3,(H2,23,26,27). The number of hydrogen-bond acceptors (Lipinski definition) is 4. The van der Waals surface area contributed by atoms with Crippen molar-refractivity contribution in [3.8, 4) is 11.6 Å². The zero-order valence-corrected chi connectivity index (χ0v) is 17.2. The molecule has 2 aromatic heterocycles. The third-order valence-corrected chi connectivity index (χ3v) is 4.39. The Morgan fingerprint density at radius 3 is 2.76 bits per heavy atom. The van der Waals surface area contributed by atoms with Gasteiger partial charge < -0.3 is 15.4 Å². The van der Waals surface area contributed by atoms with E-state index in [2.05, 4.69) is 57.6 Å². The molecule has 152 valence electrons. The summed E-state index contributed by atoms with van der Waals surface area (Å²) in [5.74, 6) is 2.49. The molecule has 2 N–H and O–H groups in total. The number of nitrogens with zero attached hydrogens (tertiary/aromatic N) is 4. The van der Waals surface area contributed by atoms with Gasteiger partial charge in [-0.1, -0.05) is 19.1 Å². The molecule has 0 radical (unpaired) electrons. The fraction of sp³-hybridized carbons (Fsp3) is 0.318. The van der Waals surface area contributed by atoms with Crippen LogP contribution < -0.4 is 15.4 Å². The van der Waals surface area contributed by atoms with E-state index in [1.165, 1.54) is 5.56 Å². The molecule has 3 aromatic rings. The van der Waals surface area contributed by atoms with Crippen molar-refractivity contribution in [2.75, 3.05) is 13.7 Å². The first kappa shape index (κ1) is 20.4. The van der Waals surface area contributed by atoms with Gasteiger partial charge in [-0.15, -0.1) is 0 Å². The summed E-state index contributed by atoms with van der Waals surface area (Å²) in [6.45, 7) is 6.16. The normalized spacial score (nSPS) is 11.3. The molecule has 0 aliphatic heterocycles. The lowest BCUT2D eigenvalue weighted by atomic mass is 10.1. The number of ether oxygens (including phenoxy) is 1. The van der Waals surface area contributed by atoms with Crippen molar-refractivity contribution in [1.82, 2.24) is 25.2 Å². The van der Waals surface area contributed by atoms with E-state index in [4.69, 9.17) is 4.74 Å². The first-order valence-corrected chi connectivity index (χ1v) is 9.79. The number of imidazole rings is 1. The zero-order valence-electron chi connectivity index (χ0n) is 17.2. The van der Waals surface area contributed by atoms with E-state index < -0.39 is 0 Å². The predicted molar refractivity (Wildman–Crippen MR) is 115 cm³/mol. The number of aryl methyl sites for hydroxylation is 1. The molecule has 29 heavy (non-hydrogen) atoms. The highest BCUT2D eigenvalue weighted by Crippen LogP contribution is 2.20. The third kappa shape index (κ3) is 5.81. The molecular weight excluding hydrogens is 364 g/mol. The van der Waals surface area contributed by atoms with Crippen molar-refractivity contribution in [1.29, 1.82) is 0 Å². The summed E-state index contributed by atoms with van der Waals surface area (Å²) >= 11 is 0. The van der Waals surface area contributed by atoms with Crippen LogP contribution in [0.4, 0.5) is 0 Å². The second-order valence-corrected chi connectivity index (χ2v) is 6.73. The van der Waals surface area contributed by atoms with Crippen molar-refractivity contribution >= 4 is 5.96 Å². The number of guanidine groups is 1. The zero-order chi connectivity index (χ0) is 20.5. The van der Waals surface area contributed by atoms with Crippen molar-refractivity contribution in [3.63, 3.8) is 0 Å². The Balaban J connectivity index is 1.59. The Labute approximate surface area is 171 Å². The summed E-state index contributed by atoms with van der Waals surface area (Å²) in [6.07, 6.45) is 8.13. The van der Waals surface area contributed by atoms with E-state index >= 15 is 0 Å². The second-order valence-electron chi connectivity index (χ2n) is 6.73. The Bertz CT molecular complexity index is 936. The molecule has 7 heteroatoms. The first-order chi connectivity index (χ1) is 14.2. The number of hydrogen-bond donors (Lipinski definition) is 2. The van der Waals surface area contributed by atoms with Crippen LogP contribution in [0.1, 0.15) is 30.0 Å². The summed E-state index contributed by atoms with van der Waals surface area (Å²) < 4.78 is 7.78. The molecule has 0 bridgehead atoms. The minimum atomic E-state index is 0.635. The Morgan fingerprint density at radius 1 is 1.14 bits per heavy atom. The summed E-state index contributed by atoms with van der Waals surface area (Å²) in [4.78, 5) is 12.8. The molecule has 0 aliphatic rings. The maximum Gasteiger partial charge on any atom is 0.191 e. The third-order valence-electron chi connectivity index (χ3n) is 4.39. The van der Waals surface area contributed by atoms with Gasteiger partial charge in [-0.25, -0.2) is 9.97 Å². The Morgan fingerprint density at radius 2 is 2.00 bits per heavy atom. The van der Waals surface area contributed by atoms with Crippen LogP contribution >= 0.6 is 0 Å². The Hall–Kier alpha value is -3.35. The molecule has 1 aromatic carbocycles. The Kier molecular flexibility index (Phi) is 7.22. The summed E-state index contributed by atoms with van der Waals surface area (Å²) in [7, 11) is 1.77. The lowest BCUT2D eigenvalue weighted by Crippen LogP contribution is -2.36. The van der Waals surface area contributed by atoms with Crippen molar-refractivity contribution in [2.24, 2.45) is 4.99 Å². The van der Waals surface area contributed by atoms with Gasteiger partial charge in [-0.05, 0) is 42.7 Å². The lowest BCUT2D eigenvalue weighted by Gasteiger charge is -2.15. The molecule has 0 aliphatic carbocycles. The molecule has 0 amide bonds. The topological polar surface area (TPSA) is 76.4 Å². The molecule has 0 spiro atoms. The maximum atomic E-state index is 5.90. The van der Waals surface area contributed by atoms with E-state index in [-0.39, 0.29) is 0 Å². The molecule has 2 heterocycles. The van der Waals surface area contributed by atoms with Gasteiger partial charge in [-0.2, -0.15) is 0 Å². The monoisotopic (exact) mass is 392 g/mol. The van der Waals surface area contributed by atoms with Gasteiger partial charge >= 0.3 is 0 Å². The van der Waals surface area contributed by atoms with Gasteiger partial charge in [0, 0.05) is 44.3 Å². The quantitative estimate of drug-likeness (QED) is 0.455. The predicted octanol–water partition coefficient (Wildman–Crippen LogP) is 3.23. The van der Waals surface area contributed by atoms with E-state index in [1.807, 2.05) is 22.9 Å². The van der Waals surface area contributed by atoms with E-state index in [0.29, 0.717) is 19.7 Å². The number of aromatic nitrogens is 3. The molecule has 0 saturated heterocycles. The maximum absolute atomic E-state index is 5.90. The van der Waals surface area contributed by atoms with Crippen LogP contribution in [-0.4, -0.2) is 34.1 Å². The molecule has 0 unspecified atom stereocenters. The SMILES string of the molecule is CCCOc1cc(C)ccc1CNC(=NC)NCc1ccnc(-n2ccnc2)c1. The molecule has 3 rings (SSSR count). The highest BCUT2D eigenvalue weighted by atomic mass is 16.5. The minimum Gasteiger partial charge on any atom is -0.493 e. The fourth-order valence-corrected chi connectivity index (χ4v) is 2.85. The average Bonchev–Trinajstić information content (AvgIpc) is 3.28. The fourth-order valence-electron chi connectivity index (χ4n) is 2.85. The van der Waals surface area contributed by atoms with Gasteiger partial charge in [0.05, 0.1) is 6.61 Å². The molecule has 0 atom stereocenters. The molecular formula is C22H28N6O. The molecule has 0 fully saturated rings. The van der Waals surface area contributed by atoms with Gasteiger partial charge in [0.15, 0.2) is 5.96 Å². The number of pyridine rings is 1. The van der Waals surface area contributed by atoms with Gasteiger partial charge in [0.1, 0.15) is 17.9 Å². The number of rotatable bonds is 8. The lowest BCUT2D eigenvalue weighted by molar-refractivity contribution is 0.313. The van der Waals surface area contributed by atoms with Gasteiger partial charge in [0.25, 0.3) is 0 Å². The second kappa shape index (κ2) is 10.3. The summed E-state index contributed by atoms with van der Waals surface area (Å²) in [5.41, 5.74) is 3.40. The largest absolute Gasteiger partial charge is 0.493 e. The van der Waals surface area contributed by atoms with Crippen LogP contribution in [0.2, 0.25) is 0 Å².